The van der Waals surface area contributed by atoms with Crippen LogP contribution in [0.4, 0.5) is 0 Å². The Labute approximate surface area is 154 Å². The van der Waals surface area contributed by atoms with Gasteiger partial charge in [0.05, 0.1) is 12.4 Å². The van der Waals surface area contributed by atoms with Crippen molar-refractivity contribution in [1.29, 1.82) is 0 Å². The Morgan fingerprint density at radius 1 is 0.880 bits per heavy atom. The van der Waals surface area contributed by atoms with E-state index >= 15 is 0 Å². The molecule has 2 nitrogen and oxygen atoms in total. The predicted octanol–water partition coefficient (Wildman–Crippen LogP) is 7.13. The zero-order valence-electron chi connectivity index (χ0n) is 16.5. The number of hydrogen-bond donors (Lipinski definition) is 0. The van der Waals surface area contributed by atoms with Crippen LogP contribution in [0.1, 0.15) is 102 Å². The van der Waals surface area contributed by atoms with Crippen LogP contribution in [0.5, 0.6) is 0 Å². The molecule has 0 aliphatic carbocycles. The van der Waals surface area contributed by atoms with E-state index in [2.05, 4.69) is 60.8 Å². The molecule has 2 atom stereocenters. The first-order valence-electron chi connectivity index (χ1n) is 10.4. The first-order valence-corrected chi connectivity index (χ1v) is 10.4. The third kappa shape index (κ3) is 5.73. The van der Waals surface area contributed by atoms with Crippen LogP contribution in [0, 0.1) is 0 Å². The molecule has 0 aliphatic heterocycles. The van der Waals surface area contributed by atoms with Crippen molar-refractivity contribution >= 4 is 0 Å². The van der Waals surface area contributed by atoms with Crippen molar-refractivity contribution in [1.82, 2.24) is 9.55 Å². The summed E-state index contributed by atoms with van der Waals surface area (Å²) in [7, 11) is 0. The SMILES string of the molecule is CCCCCCC[C@H](CCC)c1ccccc1C(CC)n1ccnc1. The molecule has 0 N–H and O–H groups in total. The average Bonchev–Trinajstić information content (AvgIpc) is 3.16. The van der Waals surface area contributed by atoms with Gasteiger partial charge < -0.3 is 4.57 Å². The summed E-state index contributed by atoms with van der Waals surface area (Å²) in [6.45, 7) is 6.89. The molecule has 2 aromatic rings. The van der Waals surface area contributed by atoms with Gasteiger partial charge in [0, 0.05) is 12.4 Å². The van der Waals surface area contributed by atoms with Gasteiger partial charge in [-0.15, -0.1) is 0 Å². The van der Waals surface area contributed by atoms with Crippen LogP contribution in [-0.2, 0) is 0 Å². The van der Waals surface area contributed by atoms with Gasteiger partial charge in [-0.05, 0) is 36.3 Å². The Bertz CT molecular complexity index is 574. The highest BCUT2D eigenvalue weighted by atomic mass is 15.0. The van der Waals surface area contributed by atoms with Gasteiger partial charge in [0.25, 0.3) is 0 Å². The first kappa shape index (κ1) is 19.8. The number of benzene rings is 1. The molecule has 2 heteroatoms. The molecule has 0 amide bonds. The largest absolute Gasteiger partial charge is 0.330 e. The summed E-state index contributed by atoms with van der Waals surface area (Å²) in [5, 5.41) is 0. The van der Waals surface area contributed by atoms with E-state index in [4.69, 9.17) is 0 Å². The van der Waals surface area contributed by atoms with Gasteiger partial charge in [-0.2, -0.15) is 0 Å². The van der Waals surface area contributed by atoms with Crippen LogP contribution < -0.4 is 0 Å². The van der Waals surface area contributed by atoms with Crippen molar-refractivity contribution in [3.63, 3.8) is 0 Å². The van der Waals surface area contributed by atoms with Crippen molar-refractivity contribution in [2.45, 2.75) is 90.5 Å². The monoisotopic (exact) mass is 340 g/mol. The number of hydrogen-bond acceptors (Lipinski definition) is 1. The van der Waals surface area contributed by atoms with E-state index in [0.29, 0.717) is 12.0 Å². The fourth-order valence-electron chi connectivity index (χ4n) is 4.03. The minimum Gasteiger partial charge on any atom is -0.330 e. The quantitative estimate of drug-likeness (QED) is 0.376. The summed E-state index contributed by atoms with van der Waals surface area (Å²) >= 11 is 0. The Morgan fingerprint density at radius 2 is 1.64 bits per heavy atom. The van der Waals surface area contributed by atoms with Crippen LogP contribution in [-0.4, -0.2) is 9.55 Å². The Kier molecular flexibility index (Phi) is 8.79. The van der Waals surface area contributed by atoms with Crippen LogP contribution in [0.3, 0.4) is 0 Å². The van der Waals surface area contributed by atoms with Gasteiger partial charge in [0.15, 0.2) is 0 Å². The molecule has 2 rings (SSSR count). The number of nitrogens with zero attached hydrogens (tertiary/aromatic N) is 2. The molecule has 25 heavy (non-hydrogen) atoms. The zero-order chi connectivity index (χ0) is 17.9. The molecule has 1 aromatic carbocycles. The summed E-state index contributed by atoms with van der Waals surface area (Å²) in [6, 6.07) is 9.53. The second-order valence-corrected chi connectivity index (χ2v) is 7.25. The van der Waals surface area contributed by atoms with Gasteiger partial charge in [0.2, 0.25) is 0 Å². The minimum absolute atomic E-state index is 0.401. The van der Waals surface area contributed by atoms with Gasteiger partial charge in [-0.1, -0.05) is 83.6 Å². The molecule has 0 bridgehead atoms. The Balaban J connectivity index is 2.17. The smallest absolute Gasteiger partial charge is 0.0951 e. The van der Waals surface area contributed by atoms with Crippen LogP contribution in [0.15, 0.2) is 43.0 Å². The van der Waals surface area contributed by atoms with E-state index in [1.807, 2.05) is 12.5 Å². The molecule has 0 saturated carbocycles. The minimum atomic E-state index is 0.401. The molecule has 1 heterocycles. The lowest BCUT2D eigenvalue weighted by Gasteiger charge is -2.25. The van der Waals surface area contributed by atoms with Gasteiger partial charge in [-0.3, -0.25) is 0 Å². The molecular weight excluding hydrogens is 304 g/mol. The maximum Gasteiger partial charge on any atom is 0.0951 e. The second kappa shape index (κ2) is 11.1. The molecule has 1 unspecified atom stereocenters. The average molecular weight is 341 g/mol. The number of imidazole rings is 1. The standard InChI is InChI=1S/C23H36N2/c1-4-7-8-9-10-14-20(13-5-2)21-15-11-12-16-22(21)23(6-3)25-18-17-24-19-25/h11-12,15-20,23H,4-10,13-14H2,1-3H3/t20-,23?/m0/s1. The van der Waals surface area contributed by atoms with E-state index < -0.39 is 0 Å². The van der Waals surface area contributed by atoms with Crippen molar-refractivity contribution in [2.75, 3.05) is 0 Å². The predicted molar refractivity (Wildman–Crippen MR) is 108 cm³/mol. The zero-order valence-corrected chi connectivity index (χ0v) is 16.5. The number of aromatic nitrogens is 2. The maximum atomic E-state index is 4.27. The van der Waals surface area contributed by atoms with Gasteiger partial charge >= 0.3 is 0 Å². The highest BCUT2D eigenvalue weighted by molar-refractivity contribution is 5.33. The van der Waals surface area contributed by atoms with Crippen LogP contribution in [0.2, 0.25) is 0 Å². The first-order chi connectivity index (χ1) is 12.3. The van der Waals surface area contributed by atoms with E-state index in [0.717, 1.165) is 6.42 Å². The summed E-state index contributed by atoms with van der Waals surface area (Å²) in [4.78, 5) is 4.27. The van der Waals surface area contributed by atoms with Crippen molar-refractivity contribution in [2.24, 2.45) is 0 Å². The molecule has 0 fully saturated rings. The van der Waals surface area contributed by atoms with Gasteiger partial charge in [0.1, 0.15) is 0 Å². The van der Waals surface area contributed by atoms with Gasteiger partial charge in [-0.25, -0.2) is 4.98 Å². The Morgan fingerprint density at radius 3 is 2.28 bits per heavy atom. The van der Waals surface area contributed by atoms with Crippen molar-refractivity contribution in [3.8, 4) is 0 Å². The second-order valence-electron chi connectivity index (χ2n) is 7.25. The normalized spacial score (nSPS) is 13.7. The molecular formula is C23H36N2. The fourth-order valence-corrected chi connectivity index (χ4v) is 4.03. The number of unbranched alkanes of at least 4 members (excludes halogenated alkanes) is 4. The molecule has 0 spiro atoms. The van der Waals surface area contributed by atoms with Crippen molar-refractivity contribution < 1.29 is 0 Å². The summed E-state index contributed by atoms with van der Waals surface area (Å²) in [5.41, 5.74) is 3.07. The molecule has 0 saturated heterocycles. The third-order valence-corrected chi connectivity index (χ3v) is 5.36. The summed E-state index contributed by atoms with van der Waals surface area (Å²) < 4.78 is 2.27. The van der Waals surface area contributed by atoms with Crippen LogP contribution in [0.25, 0.3) is 0 Å². The van der Waals surface area contributed by atoms with Crippen LogP contribution >= 0.6 is 0 Å². The van der Waals surface area contributed by atoms with E-state index in [9.17, 15) is 0 Å². The molecule has 0 radical (unpaired) electrons. The van der Waals surface area contributed by atoms with E-state index in [1.54, 1.807) is 5.56 Å². The molecule has 138 valence electrons. The van der Waals surface area contributed by atoms with Crippen molar-refractivity contribution in [3.05, 3.63) is 54.1 Å². The fraction of sp³-hybridized carbons (Fsp3) is 0.609. The molecule has 1 aromatic heterocycles. The topological polar surface area (TPSA) is 17.8 Å². The lowest BCUT2D eigenvalue weighted by molar-refractivity contribution is 0.499. The summed E-state index contributed by atoms with van der Waals surface area (Å²) in [5.74, 6) is 0.695. The molecule has 0 aliphatic rings. The maximum absolute atomic E-state index is 4.27. The lowest BCUT2D eigenvalue weighted by atomic mass is 9.84. The van der Waals surface area contributed by atoms with E-state index in [-0.39, 0.29) is 0 Å². The van der Waals surface area contributed by atoms with E-state index in [1.165, 1.54) is 56.9 Å². The highest BCUT2D eigenvalue weighted by Gasteiger charge is 2.20. The highest BCUT2D eigenvalue weighted by Crippen LogP contribution is 2.35. The third-order valence-electron chi connectivity index (χ3n) is 5.36. The Hall–Kier alpha value is -1.57. The lowest BCUT2D eigenvalue weighted by Crippen LogP contribution is -2.12. The number of rotatable bonds is 12. The summed E-state index contributed by atoms with van der Waals surface area (Å²) in [6.07, 6.45) is 17.8.